The summed E-state index contributed by atoms with van der Waals surface area (Å²) in [6, 6.07) is 13.2. The predicted octanol–water partition coefficient (Wildman–Crippen LogP) is 6.39. The summed E-state index contributed by atoms with van der Waals surface area (Å²) in [7, 11) is 0. The molecule has 1 aromatic heterocycles. The summed E-state index contributed by atoms with van der Waals surface area (Å²) in [5, 5.41) is 15.5. The number of hydrogen-bond acceptors (Lipinski definition) is 4. The highest BCUT2D eigenvalue weighted by Crippen LogP contribution is 2.35. The first-order valence-electron chi connectivity index (χ1n) is 13.9. The number of carboxylic acids is 1. The highest BCUT2D eigenvalue weighted by molar-refractivity contribution is 6.32. The Balaban J connectivity index is 1.20. The van der Waals surface area contributed by atoms with Crippen molar-refractivity contribution in [3.63, 3.8) is 0 Å². The number of anilines is 1. The van der Waals surface area contributed by atoms with Gasteiger partial charge in [-0.05, 0) is 74.3 Å². The number of hydrogen-bond donors (Lipinski definition) is 2. The number of alkyl halides is 3. The molecule has 12 heteroatoms. The third-order valence-electron chi connectivity index (χ3n) is 8.20. The van der Waals surface area contributed by atoms with Crippen LogP contribution in [0.5, 0.6) is 0 Å². The fraction of sp³-hybridized carbons (Fsp3) is 0.400. The number of benzene rings is 2. The van der Waals surface area contributed by atoms with Crippen molar-refractivity contribution in [3.05, 3.63) is 76.6 Å². The lowest BCUT2D eigenvalue weighted by molar-refractivity contribution is -0.146. The molecule has 1 saturated carbocycles. The lowest BCUT2D eigenvalue weighted by Gasteiger charge is -2.36. The maximum Gasteiger partial charge on any atom is 0.435 e. The number of likely N-dealkylation sites (tertiary alicyclic amines) is 1. The van der Waals surface area contributed by atoms with Gasteiger partial charge < -0.3 is 15.3 Å². The van der Waals surface area contributed by atoms with E-state index in [9.17, 15) is 32.7 Å². The summed E-state index contributed by atoms with van der Waals surface area (Å²) >= 11 is 6.12. The van der Waals surface area contributed by atoms with Crippen LogP contribution in [0, 0.1) is 11.8 Å². The number of aromatic nitrogens is 2. The smallest absolute Gasteiger partial charge is 0.435 e. The van der Waals surface area contributed by atoms with Gasteiger partial charge in [0.05, 0.1) is 22.2 Å². The van der Waals surface area contributed by atoms with Crippen molar-refractivity contribution in [1.29, 1.82) is 0 Å². The normalized spacial score (nSPS) is 19.9. The van der Waals surface area contributed by atoms with Crippen LogP contribution in [0.25, 0.3) is 5.69 Å². The van der Waals surface area contributed by atoms with E-state index in [2.05, 4.69) is 10.4 Å². The molecule has 2 aliphatic rings. The van der Waals surface area contributed by atoms with Crippen molar-refractivity contribution >= 4 is 35.1 Å². The van der Waals surface area contributed by atoms with Gasteiger partial charge in [0.1, 0.15) is 0 Å². The second kappa shape index (κ2) is 12.2. The quantitative estimate of drug-likeness (QED) is 0.340. The summed E-state index contributed by atoms with van der Waals surface area (Å²) in [6.45, 7) is 1.22. The van der Waals surface area contributed by atoms with Gasteiger partial charge in [0.25, 0.3) is 5.91 Å². The van der Waals surface area contributed by atoms with Crippen molar-refractivity contribution in [2.45, 2.75) is 50.6 Å². The Morgan fingerprint density at radius 1 is 0.905 bits per heavy atom. The topological polar surface area (TPSA) is 105 Å². The van der Waals surface area contributed by atoms with E-state index in [1.807, 2.05) is 17.0 Å². The van der Waals surface area contributed by atoms with Gasteiger partial charge in [0.15, 0.2) is 5.69 Å². The fourth-order valence-corrected chi connectivity index (χ4v) is 6.05. The van der Waals surface area contributed by atoms with Gasteiger partial charge in [-0.15, -0.1) is 0 Å². The van der Waals surface area contributed by atoms with E-state index in [1.54, 1.807) is 24.3 Å². The molecule has 2 fully saturated rings. The van der Waals surface area contributed by atoms with Crippen LogP contribution < -0.4 is 5.32 Å². The molecule has 1 saturated heterocycles. The lowest BCUT2D eigenvalue weighted by atomic mass is 9.81. The lowest BCUT2D eigenvalue weighted by Crippen LogP contribution is -2.42. The van der Waals surface area contributed by atoms with Gasteiger partial charge in [0, 0.05) is 30.9 Å². The molecule has 2 amide bonds. The molecule has 42 heavy (non-hydrogen) atoms. The minimum Gasteiger partial charge on any atom is -0.481 e. The molecule has 0 radical (unpaired) electrons. The first-order valence-corrected chi connectivity index (χ1v) is 14.2. The molecule has 0 bridgehead atoms. The highest BCUT2D eigenvalue weighted by Gasteiger charge is 2.40. The monoisotopic (exact) mass is 602 g/mol. The number of rotatable bonds is 6. The minimum atomic E-state index is -4.85. The van der Waals surface area contributed by atoms with Crippen molar-refractivity contribution < 1.29 is 32.7 Å². The summed E-state index contributed by atoms with van der Waals surface area (Å²) in [5.41, 5.74) is -0.365. The Hall–Kier alpha value is -3.86. The molecular weight excluding hydrogens is 573 g/mol. The van der Waals surface area contributed by atoms with Crippen LogP contribution in [0.3, 0.4) is 0 Å². The number of amides is 2. The van der Waals surface area contributed by atoms with Crippen LogP contribution in [-0.2, 0) is 15.8 Å². The van der Waals surface area contributed by atoms with Crippen LogP contribution in [0.2, 0.25) is 5.02 Å². The van der Waals surface area contributed by atoms with E-state index in [-0.39, 0.29) is 34.4 Å². The molecular formula is C30H30ClF3N4O4. The largest absolute Gasteiger partial charge is 0.481 e. The standard InChI is InChI=1S/C30H30ClF3N4O4/c31-24-3-1-2-4-25(24)38-17-23(26(36-38)30(32,33)34)27(39)35-22-11-9-18(10-12-22)19-13-15-37(16-14-19)28(40)20-5-7-21(8-6-20)29(41)42/h1-4,9-12,17,19-21H,5-8,13-16H2,(H,35,39)(H,41,42). The molecule has 1 aliphatic carbocycles. The average molecular weight is 603 g/mol. The summed E-state index contributed by atoms with van der Waals surface area (Å²) in [5.74, 6) is -1.90. The maximum atomic E-state index is 13.7. The summed E-state index contributed by atoms with van der Waals surface area (Å²) < 4.78 is 42.1. The molecule has 222 valence electrons. The first kappa shape index (κ1) is 29.6. The van der Waals surface area contributed by atoms with Crippen molar-refractivity contribution in [1.82, 2.24) is 14.7 Å². The van der Waals surface area contributed by atoms with E-state index in [0.29, 0.717) is 44.5 Å². The van der Waals surface area contributed by atoms with Crippen LogP contribution in [-0.4, -0.2) is 50.7 Å². The second-order valence-corrected chi connectivity index (χ2v) is 11.3. The van der Waals surface area contributed by atoms with Gasteiger partial charge in [-0.3, -0.25) is 14.4 Å². The number of para-hydroxylation sites is 1. The number of nitrogens with one attached hydrogen (secondary N) is 1. The molecule has 0 spiro atoms. The third kappa shape index (κ3) is 6.46. The Labute approximate surface area is 245 Å². The number of piperidine rings is 1. The Morgan fingerprint density at radius 2 is 1.52 bits per heavy atom. The zero-order valence-corrected chi connectivity index (χ0v) is 23.4. The van der Waals surface area contributed by atoms with Gasteiger partial charge in [-0.25, -0.2) is 4.68 Å². The van der Waals surface area contributed by atoms with Crippen LogP contribution in [0.15, 0.2) is 54.7 Å². The van der Waals surface area contributed by atoms with E-state index < -0.39 is 29.3 Å². The maximum absolute atomic E-state index is 13.7. The van der Waals surface area contributed by atoms with Gasteiger partial charge in [-0.1, -0.05) is 35.9 Å². The van der Waals surface area contributed by atoms with Crippen LogP contribution >= 0.6 is 11.6 Å². The average Bonchev–Trinajstić information content (AvgIpc) is 3.44. The second-order valence-electron chi connectivity index (χ2n) is 10.8. The Morgan fingerprint density at radius 3 is 2.12 bits per heavy atom. The number of carbonyl (C=O) groups is 3. The molecule has 2 aromatic carbocycles. The van der Waals surface area contributed by atoms with E-state index in [0.717, 1.165) is 29.3 Å². The Kier molecular flexibility index (Phi) is 8.58. The molecule has 0 unspecified atom stereocenters. The number of halogens is 4. The number of aliphatic carboxylic acids is 1. The van der Waals surface area contributed by atoms with Crippen molar-refractivity contribution in [2.24, 2.45) is 11.8 Å². The third-order valence-corrected chi connectivity index (χ3v) is 8.52. The van der Waals surface area contributed by atoms with Crippen LogP contribution in [0.4, 0.5) is 18.9 Å². The van der Waals surface area contributed by atoms with E-state index in [4.69, 9.17) is 11.6 Å². The zero-order valence-electron chi connectivity index (χ0n) is 22.6. The minimum absolute atomic E-state index is 0.103. The van der Waals surface area contributed by atoms with Gasteiger partial charge in [0.2, 0.25) is 5.91 Å². The molecule has 3 aromatic rings. The zero-order chi connectivity index (χ0) is 30.0. The van der Waals surface area contributed by atoms with Gasteiger partial charge >= 0.3 is 12.1 Å². The molecule has 0 atom stereocenters. The number of carboxylic acid groups (broad SMARTS) is 1. The van der Waals surface area contributed by atoms with Crippen LogP contribution in [0.1, 0.15) is 66.1 Å². The highest BCUT2D eigenvalue weighted by atomic mass is 35.5. The SMILES string of the molecule is O=C(Nc1ccc(C2CCN(C(=O)C3CCC(C(=O)O)CC3)CC2)cc1)c1cn(-c2ccccc2Cl)nc1C(F)(F)F. The molecule has 1 aliphatic heterocycles. The van der Waals surface area contributed by atoms with Crippen molar-refractivity contribution in [3.8, 4) is 5.69 Å². The summed E-state index contributed by atoms with van der Waals surface area (Å²) in [6.07, 6.45) is -0.0328. The first-order chi connectivity index (χ1) is 20.0. The number of carbonyl (C=O) groups excluding carboxylic acids is 2. The molecule has 5 rings (SSSR count). The van der Waals surface area contributed by atoms with Gasteiger partial charge in [-0.2, -0.15) is 18.3 Å². The molecule has 2 heterocycles. The van der Waals surface area contributed by atoms with E-state index in [1.165, 1.54) is 12.1 Å². The van der Waals surface area contributed by atoms with E-state index >= 15 is 0 Å². The molecule has 8 nitrogen and oxygen atoms in total. The number of nitrogens with zero attached hydrogens (tertiary/aromatic N) is 3. The molecule has 2 N–H and O–H groups in total. The van der Waals surface area contributed by atoms with Crippen molar-refractivity contribution in [2.75, 3.05) is 18.4 Å². The fourth-order valence-electron chi connectivity index (χ4n) is 5.83. The summed E-state index contributed by atoms with van der Waals surface area (Å²) in [4.78, 5) is 39.0. The predicted molar refractivity (Wildman–Crippen MR) is 150 cm³/mol. The Bertz CT molecular complexity index is 1460.